The number of pyridine rings is 1. The van der Waals surface area contributed by atoms with E-state index in [1.54, 1.807) is 6.92 Å². The lowest BCUT2D eigenvalue weighted by molar-refractivity contribution is -0.127. The summed E-state index contributed by atoms with van der Waals surface area (Å²) in [4.78, 5) is 29.7. The molecule has 1 aliphatic rings. The van der Waals surface area contributed by atoms with Crippen LogP contribution in [0.3, 0.4) is 0 Å². The summed E-state index contributed by atoms with van der Waals surface area (Å²) in [5, 5.41) is 1.26. The average molecular weight is 328 g/mol. The highest BCUT2D eigenvalue weighted by Gasteiger charge is 2.29. The number of para-hydroxylation sites is 1. The molecule has 0 aliphatic carbocycles. The Hall–Kier alpha value is -1.88. The third-order valence-electron chi connectivity index (χ3n) is 4.11. The minimum Gasteiger partial charge on any atom is -0.342 e. The van der Waals surface area contributed by atoms with Crippen molar-refractivity contribution < 1.29 is 9.59 Å². The van der Waals surface area contributed by atoms with Crippen molar-refractivity contribution in [3.8, 4) is 0 Å². The van der Waals surface area contributed by atoms with E-state index in [1.807, 2.05) is 35.2 Å². The molecule has 0 spiro atoms. The molecule has 2 aromatic rings. The van der Waals surface area contributed by atoms with Crippen LogP contribution in [0.2, 0.25) is 0 Å². The third-order valence-corrected chi connectivity index (χ3v) is 5.16. The number of amides is 1. The molecule has 5 heteroatoms. The molecule has 1 saturated heterocycles. The van der Waals surface area contributed by atoms with E-state index in [0.29, 0.717) is 18.9 Å². The van der Waals surface area contributed by atoms with E-state index in [1.165, 1.54) is 11.8 Å². The van der Waals surface area contributed by atoms with E-state index in [0.717, 1.165) is 35.3 Å². The summed E-state index contributed by atoms with van der Waals surface area (Å²) in [6, 6.07) is 12.2. The van der Waals surface area contributed by atoms with Gasteiger partial charge in [-0.1, -0.05) is 36.0 Å². The van der Waals surface area contributed by atoms with Gasteiger partial charge in [-0.15, -0.1) is 0 Å². The maximum atomic E-state index is 12.1. The molecule has 23 heavy (non-hydrogen) atoms. The lowest BCUT2D eigenvalue weighted by Gasteiger charge is -2.16. The van der Waals surface area contributed by atoms with Crippen LogP contribution in [0.4, 0.5) is 0 Å². The summed E-state index contributed by atoms with van der Waals surface area (Å²) in [5.74, 6) is 1.23. The predicted molar refractivity (Wildman–Crippen MR) is 93.3 cm³/mol. The Labute approximate surface area is 140 Å². The van der Waals surface area contributed by atoms with Crippen molar-refractivity contribution in [3.05, 3.63) is 42.1 Å². The molecule has 120 valence electrons. The first-order valence-corrected chi connectivity index (χ1v) is 8.86. The summed E-state index contributed by atoms with van der Waals surface area (Å²) in [6.45, 7) is 3.03. The first kappa shape index (κ1) is 16.0. The Balaban J connectivity index is 1.56. The first-order chi connectivity index (χ1) is 11.1. The number of benzene rings is 1. The highest BCUT2D eigenvalue weighted by molar-refractivity contribution is 8.13. The largest absolute Gasteiger partial charge is 0.342 e. The molecule has 1 atom stereocenters. The van der Waals surface area contributed by atoms with Crippen LogP contribution in [0.25, 0.3) is 10.9 Å². The summed E-state index contributed by atoms with van der Waals surface area (Å²) < 4.78 is 0. The number of carbonyl (C=O) groups excluding carboxylic acids is 2. The van der Waals surface area contributed by atoms with Crippen molar-refractivity contribution in [1.82, 2.24) is 9.88 Å². The van der Waals surface area contributed by atoms with Crippen molar-refractivity contribution in [2.24, 2.45) is 5.92 Å². The van der Waals surface area contributed by atoms with Crippen LogP contribution in [0.1, 0.15) is 19.0 Å². The molecule has 0 N–H and O–H groups in total. The van der Waals surface area contributed by atoms with Crippen LogP contribution in [0.15, 0.2) is 36.4 Å². The lowest BCUT2D eigenvalue weighted by atomic mass is 10.1. The number of rotatable bonds is 5. The maximum Gasteiger partial charge on any atom is 0.222 e. The van der Waals surface area contributed by atoms with Crippen LogP contribution in [-0.2, 0) is 16.0 Å². The zero-order valence-electron chi connectivity index (χ0n) is 13.2. The minimum atomic E-state index is 0.122. The van der Waals surface area contributed by atoms with Crippen molar-refractivity contribution in [1.29, 1.82) is 0 Å². The summed E-state index contributed by atoms with van der Waals surface area (Å²) >= 11 is 1.32. The monoisotopic (exact) mass is 328 g/mol. The third kappa shape index (κ3) is 4.10. The SMILES string of the molecule is CC(=O)SCC1CC(=O)N(CCc2ccc3ccccc3n2)C1. The van der Waals surface area contributed by atoms with Gasteiger partial charge < -0.3 is 4.90 Å². The van der Waals surface area contributed by atoms with Gasteiger partial charge in [0.05, 0.1) is 5.52 Å². The first-order valence-electron chi connectivity index (χ1n) is 7.87. The van der Waals surface area contributed by atoms with Crippen molar-refractivity contribution in [2.75, 3.05) is 18.8 Å². The average Bonchev–Trinajstić information content (AvgIpc) is 2.91. The summed E-state index contributed by atoms with van der Waals surface area (Å²) in [5.41, 5.74) is 2.01. The highest BCUT2D eigenvalue weighted by Crippen LogP contribution is 2.22. The topological polar surface area (TPSA) is 50.3 Å². The summed E-state index contributed by atoms with van der Waals surface area (Å²) in [6.07, 6.45) is 1.33. The van der Waals surface area contributed by atoms with Gasteiger partial charge in [0.25, 0.3) is 0 Å². The van der Waals surface area contributed by atoms with E-state index in [4.69, 9.17) is 0 Å². The minimum absolute atomic E-state index is 0.122. The number of hydrogen-bond acceptors (Lipinski definition) is 4. The smallest absolute Gasteiger partial charge is 0.222 e. The fourth-order valence-electron chi connectivity index (χ4n) is 2.91. The highest BCUT2D eigenvalue weighted by atomic mass is 32.2. The molecule has 0 saturated carbocycles. The van der Waals surface area contributed by atoms with Gasteiger partial charge in [0.2, 0.25) is 5.91 Å². The molecule has 2 heterocycles. The number of likely N-dealkylation sites (tertiary alicyclic amines) is 1. The Morgan fingerprint density at radius 1 is 1.30 bits per heavy atom. The second-order valence-corrected chi connectivity index (χ2v) is 7.15. The number of fused-ring (bicyclic) bond motifs is 1. The Morgan fingerprint density at radius 3 is 2.96 bits per heavy atom. The van der Waals surface area contributed by atoms with E-state index in [2.05, 4.69) is 11.1 Å². The number of hydrogen-bond donors (Lipinski definition) is 0. The fourth-order valence-corrected chi connectivity index (χ4v) is 3.61. The molecule has 1 amide bonds. The normalized spacial score (nSPS) is 17.9. The van der Waals surface area contributed by atoms with Gasteiger partial charge in [0, 0.05) is 49.7 Å². The van der Waals surface area contributed by atoms with Gasteiger partial charge in [-0.25, -0.2) is 0 Å². The van der Waals surface area contributed by atoms with Crippen molar-refractivity contribution in [2.45, 2.75) is 19.8 Å². The molecule has 3 rings (SSSR count). The van der Waals surface area contributed by atoms with Gasteiger partial charge in [0.15, 0.2) is 5.12 Å². The van der Waals surface area contributed by atoms with E-state index >= 15 is 0 Å². The molecule has 1 aromatic carbocycles. The molecule has 0 bridgehead atoms. The van der Waals surface area contributed by atoms with Crippen LogP contribution in [-0.4, -0.2) is 39.7 Å². The van der Waals surface area contributed by atoms with E-state index in [9.17, 15) is 9.59 Å². The number of nitrogens with zero attached hydrogens (tertiary/aromatic N) is 2. The molecule has 1 aliphatic heterocycles. The second-order valence-electron chi connectivity index (χ2n) is 5.96. The van der Waals surface area contributed by atoms with E-state index < -0.39 is 0 Å². The van der Waals surface area contributed by atoms with Crippen LogP contribution < -0.4 is 0 Å². The van der Waals surface area contributed by atoms with Gasteiger partial charge in [-0.05, 0) is 18.1 Å². The predicted octanol–water partition coefficient (Wildman–Crippen LogP) is 2.91. The van der Waals surface area contributed by atoms with Gasteiger partial charge in [-0.3, -0.25) is 14.6 Å². The van der Waals surface area contributed by atoms with Gasteiger partial charge in [0.1, 0.15) is 0 Å². The Kier molecular flexibility index (Phi) is 4.96. The zero-order chi connectivity index (χ0) is 16.2. The standard InChI is InChI=1S/C18H20N2O2S/c1-13(21)23-12-14-10-18(22)20(11-14)9-8-16-7-6-15-4-2-3-5-17(15)19-16/h2-7,14H,8-12H2,1H3. The molecule has 0 radical (unpaired) electrons. The van der Waals surface area contributed by atoms with Gasteiger partial charge >= 0.3 is 0 Å². The maximum absolute atomic E-state index is 12.1. The number of carbonyl (C=O) groups is 2. The Morgan fingerprint density at radius 2 is 2.13 bits per heavy atom. The van der Waals surface area contributed by atoms with Crippen molar-refractivity contribution >= 4 is 33.7 Å². The van der Waals surface area contributed by atoms with E-state index in [-0.39, 0.29) is 11.0 Å². The summed E-state index contributed by atoms with van der Waals surface area (Å²) in [7, 11) is 0. The quantitative estimate of drug-likeness (QED) is 0.847. The van der Waals surface area contributed by atoms with Crippen molar-refractivity contribution in [3.63, 3.8) is 0 Å². The second kappa shape index (κ2) is 7.13. The fraction of sp³-hybridized carbons (Fsp3) is 0.389. The Bertz CT molecular complexity index is 732. The van der Waals surface area contributed by atoms with Crippen LogP contribution in [0.5, 0.6) is 0 Å². The van der Waals surface area contributed by atoms with Gasteiger partial charge in [-0.2, -0.15) is 0 Å². The van der Waals surface area contributed by atoms with Crippen LogP contribution in [0, 0.1) is 5.92 Å². The van der Waals surface area contributed by atoms with Crippen LogP contribution >= 0.6 is 11.8 Å². The molecule has 1 unspecified atom stereocenters. The number of thioether (sulfide) groups is 1. The zero-order valence-corrected chi connectivity index (χ0v) is 14.0. The molecule has 1 aromatic heterocycles. The number of aromatic nitrogens is 1. The lowest BCUT2D eigenvalue weighted by Crippen LogP contribution is -2.28. The molecular formula is C18H20N2O2S. The molecule has 4 nitrogen and oxygen atoms in total. The molecule has 1 fully saturated rings. The molecular weight excluding hydrogens is 308 g/mol.